The fourth-order valence-electron chi connectivity index (χ4n) is 1.30. The predicted molar refractivity (Wildman–Crippen MR) is 54.3 cm³/mol. The molecule has 0 radical (unpaired) electrons. The highest BCUT2D eigenvalue weighted by atomic mass is 32.2. The van der Waals surface area contributed by atoms with E-state index in [2.05, 4.69) is 16.9 Å². The molecule has 0 amide bonds. The predicted octanol–water partition coefficient (Wildman–Crippen LogP) is -0.450. The summed E-state index contributed by atoms with van der Waals surface area (Å²) in [5.74, 6) is 0. The van der Waals surface area contributed by atoms with Gasteiger partial charge in [0.15, 0.2) is 5.11 Å². The third-order valence-electron chi connectivity index (χ3n) is 1.88. The molecule has 0 unspecified atom stereocenters. The van der Waals surface area contributed by atoms with Gasteiger partial charge in [0.25, 0.3) is 0 Å². The van der Waals surface area contributed by atoms with Crippen LogP contribution >= 0.6 is 12.2 Å². The maximum Gasteiger partial charge on any atom is 0.303 e. The Morgan fingerprint density at radius 3 is 2.31 bits per heavy atom. The molecule has 0 aromatic heterocycles. The van der Waals surface area contributed by atoms with Crippen molar-refractivity contribution in [3.8, 4) is 0 Å². The third-order valence-corrected chi connectivity index (χ3v) is 3.64. The average molecular weight is 223 g/mol. The molecule has 0 aromatic carbocycles. The van der Waals surface area contributed by atoms with Crippen LogP contribution in [0.15, 0.2) is 0 Å². The van der Waals surface area contributed by atoms with Gasteiger partial charge in [-0.3, -0.25) is 0 Å². The molecule has 0 atom stereocenters. The average Bonchev–Trinajstić information content (AvgIpc) is 2.04. The van der Waals surface area contributed by atoms with Gasteiger partial charge in [0.2, 0.25) is 0 Å². The molecule has 0 aliphatic carbocycles. The topological polar surface area (TPSA) is 75.4 Å². The number of nitrogens with two attached hydrogens (primary N) is 1. The minimum absolute atomic E-state index is 0.203. The lowest BCUT2D eigenvalue weighted by atomic mass is 10.2. The molecule has 1 rings (SSSR count). The summed E-state index contributed by atoms with van der Waals surface area (Å²) in [6.45, 7) is 1.11. The van der Waals surface area contributed by atoms with Gasteiger partial charge in [-0.1, -0.05) is 6.42 Å². The van der Waals surface area contributed by atoms with Crippen LogP contribution in [0.3, 0.4) is 0 Å². The number of nitrogens with one attached hydrogen (secondary N) is 1. The van der Waals surface area contributed by atoms with Gasteiger partial charge in [-0.05, 0) is 25.1 Å². The van der Waals surface area contributed by atoms with Crippen molar-refractivity contribution in [3.05, 3.63) is 0 Å². The lowest BCUT2D eigenvalue weighted by molar-refractivity contribution is 0.345. The summed E-state index contributed by atoms with van der Waals surface area (Å²) in [5, 5.41) is -0.203. The Hall–Kier alpha value is -0.400. The molecule has 0 bridgehead atoms. The molecule has 7 heteroatoms. The SMILES string of the molecule is NC(=S)NS(=O)(=O)N1CCCCC1. The normalized spacial score (nSPS) is 19.7. The van der Waals surface area contributed by atoms with Crippen molar-refractivity contribution < 1.29 is 8.42 Å². The molecule has 0 aromatic rings. The number of nitrogens with zero attached hydrogens (tertiary/aromatic N) is 1. The molecule has 1 saturated heterocycles. The van der Waals surface area contributed by atoms with E-state index in [-0.39, 0.29) is 5.11 Å². The molecule has 1 fully saturated rings. The summed E-state index contributed by atoms with van der Waals surface area (Å²) in [5.41, 5.74) is 5.10. The van der Waals surface area contributed by atoms with Crippen molar-refractivity contribution in [2.75, 3.05) is 13.1 Å². The number of hydrogen-bond acceptors (Lipinski definition) is 3. The smallest absolute Gasteiger partial charge is 0.303 e. The Labute approximate surface area is 83.5 Å². The summed E-state index contributed by atoms with van der Waals surface area (Å²) in [6.07, 6.45) is 2.88. The van der Waals surface area contributed by atoms with Gasteiger partial charge >= 0.3 is 10.2 Å². The Morgan fingerprint density at radius 2 is 1.85 bits per heavy atom. The minimum atomic E-state index is -3.47. The number of hydrogen-bond donors (Lipinski definition) is 2. The maximum absolute atomic E-state index is 11.4. The standard InChI is InChI=1S/C6H13N3O2S2/c7-6(12)8-13(10,11)9-4-2-1-3-5-9/h1-5H2,(H3,7,8,12). The largest absolute Gasteiger partial charge is 0.375 e. The van der Waals surface area contributed by atoms with E-state index in [1.54, 1.807) is 0 Å². The molecule has 13 heavy (non-hydrogen) atoms. The van der Waals surface area contributed by atoms with E-state index < -0.39 is 10.2 Å². The first-order valence-electron chi connectivity index (χ1n) is 4.10. The van der Waals surface area contributed by atoms with Crippen LogP contribution in [0.1, 0.15) is 19.3 Å². The highest BCUT2D eigenvalue weighted by Crippen LogP contribution is 2.11. The highest BCUT2D eigenvalue weighted by Gasteiger charge is 2.23. The third kappa shape index (κ3) is 3.09. The Morgan fingerprint density at radius 1 is 1.31 bits per heavy atom. The van der Waals surface area contributed by atoms with E-state index >= 15 is 0 Å². The van der Waals surface area contributed by atoms with Crippen LogP contribution in [0.5, 0.6) is 0 Å². The molecule has 3 N–H and O–H groups in total. The molecule has 1 aliphatic rings. The molecule has 0 spiro atoms. The fourth-order valence-corrected chi connectivity index (χ4v) is 2.74. The van der Waals surface area contributed by atoms with Gasteiger partial charge in [0.05, 0.1) is 0 Å². The number of piperidine rings is 1. The summed E-state index contributed by atoms with van der Waals surface area (Å²) < 4.78 is 26.4. The van der Waals surface area contributed by atoms with E-state index in [9.17, 15) is 8.42 Å². The van der Waals surface area contributed by atoms with Crippen LogP contribution in [0, 0.1) is 0 Å². The van der Waals surface area contributed by atoms with Crippen molar-refractivity contribution in [1.29, 1.82) is 0 Å². The summed E-state index contributed by atoms with van der Waals surface area (Å²) in [4.78, 5) is 0. The minimum Gasteiger partial charge on any atom is -0.375 e. The van der Waals surface area contributed by atoms with Crippen LogP contribution in [-0.2, 0) is 10.2 Å². The van der Waals surface area contributed by atoms with Crippen molar-refractivity contribution in [2.24, 2.45) is 5.73 Å². The van der Waals surface area contributed by atoms with Crippen LogP contribution in [0.25, 0.3) is 0 Å². The van der Waals surface area contributed by atoms with Crippen molar-refractivity contribution in [1.82, 2.24) is 9.03 Å². The van der Waals surface area contributed by atoms with E-state index in [0.29, 0.717) is 13.1 Å². The van der Waals surface area contributed by atoms with Gasteiger partial charge in [0, 0.05) is 13.1 Å². The molecule has 0 saturated carbocycles. The lowest BCUT2D eigenvalue weighted by Gasteiger charge is -2.25. The molecule has 76 valence electrons. The van der Waals surface area contributed by atoms with Gasteiger partial charge in [-0.2, -0.15) is 12.7 Å². The molecule has 1 aliphatic heterocycles. The van der Waals surface area contributed by atoms with Gasteiger partial charge in [-0.25, -0.2) is 4.72 Å². The van der Waals surface area contributed by atoms with Gasteiger partial charge in [-0.15, -0.1) is 0 Å². The zero-order chi connectivity index (χ0) is 9.90. The van der Waals surface area contributed by atoms with E-state index in [1.165, 1.54) is 4.31 Å². The van der Waals surface area contributed by atoms with Crippen molar-refractivity contribution in [2.45, 2.75) is 19.3 Å². The quantitative estimate of drug-likeness (QED) is 0.622. The first kappa shape index (κ1) is 10.7. The van der Waals surface area contributed by atoms with Gasteiger partial charge in [0.1, 0.15) is 0 Å². The zero-order valence-corrected chi connectivity index (χ0v) is 8.83. The Bertz CT molecular complexity index is 282. The summed E-state index contributed by atoms with van der Waals surface area (Å²) in [7, 11) is -3.47. The monoisotopic (exact) mass is 223 g/mol. The van der Waals surface area contributed by atoms with Gasteiger partial charge < -0.3 is 5.73 Å². The van der Waals surface area contributed by atoms with E-state index in [4.69, 9.17) is 5.73 Å². The van der Waals surface area contributed by atoms with Crippen LogP contribution in [-0.4, -0.2) is 30.9 Å². The maximum atomic E-state index is 11.4. The first-order chi connectivity index (χ1) is 6.02. The molecule has 5 nitrogen and oxygen atoms in total. The zero-order valence-electron chi connectivity index (χ0n) is 7.19. The fraction of sp³-hybridized carbons (Fsp3) is 0.833. The molecular formula is C6H13N3O2S2. The van der Waals surface area contributed by atoms with E-state index in [0.717, 1.165) is 19.3 Å². The molecular weight excluding hydrogens is 210 g/mol. The second-order valence-electron chi connectivity index (χ2n) is 2.93. The number of thiocarbonyl (C=S) groups is 1. The first-order valence-corrected chi connectivity index (χ1v) is 5.94. The highest BCUT2D eigenvalue weighted by molar-refractivity contribution is 7.89. The Balaban J connectivity index is 2.62. The summed E-state index contributed by atoms with van der Waals surface area (Å²) >= 11 is 4.47. The van der Waals surface area contributed by atoms with Crippen molar-refractivity contribution >= 4 is 27.5 Å². The second kappa shape index (κ2) is 4.21. The van der Waals surface area contributed by atoms with Crippen LogP contribution < -0.4 is 10.5 Å². The van der Waals surface area contributed by atoms with Crippen LogP contribution in [0.2, 0.25) is 0 Å². The molecule has 1 heterocycles. The van der Waals surface area contributed by atoms with Crippen LogP contribution in [0.4, 0.5) is 0 Å². The number of rotatable bonds is 2. The van der Waals surface area contributed by atoms with E-state index in [1.807, 2.05) is 0 Å². The summed E-state index contributed by atoms with van der Waals surface area (Å²) in [6, 6.07) is 0. The Kier molecular flexibility index (Phi) is 3.46. The lowest BCUT2D eigenvalue weighted by Crippen LogP contribution is -2.47. The van der Waals surface area contributed by atoms with Crippen molar-refractivity contribution in [3.63, 3.8) is 0 Å². The second-order valence-corrected chi connectivity index (χ2v) is 5.04.